The van der Waals surface area contributed by atoms with Crippen molar-refractivity contribution in [1.82, 2.24) is 10.2 Å². The Morgan fingerprint density at radius 1 is 1.26 bits per heavy atom. The van der Waals surface area contributed by atoms with E-state index in [-0.39, 0.29) is 12.7 Å². The van der Waals surface area contributed by atoms with Gasteiger partial charge in [-0.25, -0.2) is 0 Å². The molecular formula is C14H18N2O3. The van der Waals surface area contributed by atoms with E-state index in [1.807, 2.05) is 17.0 Å². The highest BCUT2D eigenvalue weighted by Crippen LogP contribution is 2.36. The summed E-state index contributed by atoms with van der Waals surface area (Å²) in [5.41, 5.74) is 0.594. The molecule has 2 aliphatic rings. The second-order valence-corrected chi connectivity index (χ2v) is 5.22. The van der Waals surface area contributed by atoms with Crippen LogP contribution < -0.4 is 14.8 Å². The third-order valence-corrected chi connectivity index (χ3v) is 3.47. The summed E-state index contributed by atoms with van der Waals surface area (Å²) in [5, 5.41) is 3.42. The number of hydrogen-bond acceptors (Lipinski definition) is 4. The van der Waals surface area contributed by atoms with Gasteiger partial charge in [0.15, 0.2) is 11.5 Å². The maximum absolute atomic E-state index is 12.6. The fraction of sp³-hybridized carbons (Fsp3) is 0.500. The molecule has 5 nitrogen and oxygen atoms in total. The van der Waals surface area contributed by atoms with Crippen LogP contribution in [-0.4, -0.2) is 42.8 Å². The zero-order valence-electron chi connectivity index (χ0n) is 11.2. The SMILES string of the molecule is C[C@H]1CN(C(=O)c2cccc3c2OCO3)C[C@H](C)N1. The van der Waals surface area contributed by atoms with Crippen molar-refractivity contribution < 1.29 is 14.3 Å². The van der Waals surface area contributed by atoms with Crippen molar-refractivity contribution >= 4 is 5.91 Å². The Bertz CT molecular complexity index is 493. The number of piperazine rings is 1. The number of amides is 1. The summed E-state index contributed by atoms with van der Waals surface area (Å²) in [4.78, 5) is 14.5. The molecular weight excluding hydrogens is 244 g/mol. The van der Waals surface area contributed by atoms with Crippen molar-refractivity contribution in [2.24, 2.45) is 0 Å². The van der Waals surface area contributed by atoms with E-state index in [0.29, 0.717) is 42.2 Å². The molecule has 0 bridgehead atoms. The number of hydrogen-bond donors (Lipinski definition) is 1. The van der Waals surface area contributed by atoms with Crippen LogP contribution in [0, 0.1) is 0 Å². The number of nitrogens with one attached hydrogen (secondary N) is 1. The van der Waals surface area contributed by atoms with Gasteiger partial charge in [-0.05, 0) is 26.0 Å². The molecule has 1 saturated heterocycles. The average molecular weight is 262 g/mol. The molecule has 1 aromatic rings. The summed E-state index contributed by atoms with van der Waals surface area (Å²) in [6.07, 6.45) is 0. The van der Waals surface area contributed by atoms with E-state index in [1.165, 1.54) is 0 Å². The summed E-state index contributed by atoms with van der Waals surface area (Å²) >= 11 is 0. The minimum Gasteiger partial charge on any atom is -0.454 e. The molecule has 0 radical (unpaired) electrons. The van der Waals surface area contributed by atoms with Crippen LogP contribution in [0.15, 0.2) is 18.2 Å². The fourth-order valence-corrected chi connectivity index (χ4v) is 2.76. The molecule has 0 aromatic heterocycles. The average Bonchev–Trinajstić information content (AvgIpc) is 2.84. The van der Waals surface area contributed by atoms with Crippen molar-refractivity contribution in [2.45, 2.75) is 25.9 Å². The summed E-state index contributed by atoms with van der Waals surface area (Å²) in [7, 11) is 0. The highest BCUT2D eigenvalue weighted by Gasteiger charge is 2.29. The van der Waals surface area contributed by atoms with Gasteiger partial charge in [0, 0.05) is 25.2 Å². The first-order chi connectivity index (χ1) is 9.15. The van der Waals surface area contributed by atoms with Gasteiger partial charge in [-0.2, -0.15) is 0 Å². The molecule has 2 atom stereocenters. The minimum absolute atomic E-state index is 0.0163. The highest BCUT2D eigenvalue weighted by atomic mass is 16.7. The molecule has 0 unspecified atom stereocenters. The molecule has 1 amide bonds. The Balaban J connectivity index is 1.86. The number of para-hydroxylation sites is 1. The molecule has 1 aromatic carbocycles. The lowest BCUT2D eigenvalue weighted by Gasteiger charge is -2.36. The summed E-state index contributed by atoms with van der Waals surface area (Å²) in [6.45, 7) is 5.80. The number of benzene rings is 1. The van der Waals surface area contributed by atoms with Crippen LogP contribution >= 0.6 is 0 Å². The van der Waals surface area contributed by atoms with Crippen LogP contribution in [0.1, 0.15) is 24.2 Å². The second kappa shape index (κ2) is 4.74. The zero-order valence-corrected chi connectivity index (χ0v) is 11.2. The van der Waals surface area contributed by atoms with Crippen LogP contribution in [0.25, 0.3) is 0 Å². The Kier molecular flexibility index (Phi) is 3.06. The van der Waals surface area contributed by atoms with E-state index in [0.717, 1.165) is 0 Å². The monoisotopic (exact) mass is 262 g/mol. The fourth-order valence-electron chi connectivity index (χ4n) is 2.76. The zero-order chi connectivity index (χ0) is 13.4. The van der Waals surface area contributed by atoms with Crippen molar-refractivity contribution in [1.29, 1.82) is 0 Å². The lowest BCUT2D eigenvalue weighted by Crippen LogP contribution is -2.55. The highest BCUT2D eigenvalue weighted by molar-refractivity contribution is 5.98. The maximum Gasteiger partial charge on any atom is 0.257 e. The van der Waals surface area contributed by atoms with Gasteiger partial charge in [-0.3, -0.25) is 4.79 Å². The van der Waals surface area contributed by atoms with Crippen LogP contribution in [0.3, 0.4) is 0 Å². The van der Waals surface area contributed by atoms with Gasteiger partial charge < -0.3 is 19.7 Å². The normalized spacial score (nSPS) is 25.5. The van der Waals surface area contributed by atoms with E-state index in [2.05, 4.69) is 19.2 Å². The lowest BCUT2D eigenvalue weighted by molar-refractivity contribution is 0.0669. The predicted octanol–water partition coefficient (Wildman–Crippen LogP) is 1.24. The number of ether oxygens (including phenoxy) is 2. The molecule has 19 heavy (non-hydrogen) atoms. The molecule has 0 saturated carbocycles. The first-order valence-electron chi connectivity index (χ1n) is 6.59. The molecule has 0 aliphatic carbocycles. The summed E-state index contributed by atoms with van der Waals surface area (Å²) < 4.78 is 10.7. The van der Waals surface area contributed by atoms with Crippen LogP contribution in [0.2, 0.25) is 0 Å². The smallest absolute Gasteiger partial charge is 0.257 e. The Labute approximate surface area is 112 Å². The molecule has 0 spiro atoms. The summed E-state index contributed by atoms with van der Waals surface area (Å²) in [6, 6.07) is 6.06. The molecule has 1 fully saturated rings. The quantitative estimate of drug-likeness (QED) is 0.827. The van der Waals surface area contributed by atoms with E-state index >= 15 is 0 Å². The molecule has 2 aliphatic heterocycles. The first-order valence-corrected chi connectivity index (χ1v) is 6.59. The van der Waals surface area contributed by atoms with Crippen molar-refractivity contribution in [2.75, 3.05) is 19.9 Å². The Morgan fingerprint density at radius 3 is 2.74 bits per heavy atom. The van der Waals surface area contributed by atoms with E-state index in [4.69, 9.17) is 9.47 Å². The van der Waals surface area contributed by atoms with E-state index in [9.17, 15) is 4.79 Å². The standard InChI is InChI=1S/C14H18N2O3/c1-9-6-16(7-10(2)15-9)14(17)11-4-3-5-12-13(11)19-8-18-12/h3-5,9-10,15H,6-8H2,1-2H3/t9-,10-/m0/s1. The maximum atomic E-state index is 12.6. The second-order valence-electron chi connectivity index (χ2n) is 5.22. The van der Waals surface area contributed by atoms with E-state index < -0.39 is 0 Å². The van der Waals surface area contributed by atoms with Gasteiger partial charge in [0.25, 0.3) is 5.91 Å². The third-order valence-electron chi connectivity index (χ3n) is 3.47. The van der Waals surface area contributed by atoms with E-state index in [1.54, 1.807) is 6.07 Å². The Hall–Kier alpha value is -1.75. The summed E-state index contributed by atoms with van der Waals surface area (Å²) in [5.74, 6) is 1.25. The number of rotatable bonds is 1. The van der Waals surface area contributed by atoms with Gasteiger partial charge in [0.1, 0.15) is 0 Å². The third kappa shape index (κ3) is 2.26. The van der Waals surface area contributed by atoms with Crippen LogP contribution in [0.4, 0.5) is 0 Å². The van der Waals surface area contributed by atoms with Gasteiger partial charge >= 0.3 is 0 Å². The van der Waals surface area contributed by atoms with Gasteiger partial charge in [0.2, 0.25) is 6.79 Å². The largest absolute Gasteiger partial charge is 0.454 e. The van der Waals surface area contributed by atoms with Crippen molar-refractivity contribution in [3.8, 4) is 11.5 Å². The topological polar surface area (TPSA) is 50.8 Å². The van der Waals surface area contributed by atoms with Gasteiger partial charge in [-0.1, -0.05) is 6.07 Å². The van der Waals surface area contributed by atoms with Gasteiger partial charge in [0.05, 0.1) is 5.56 Å². The molecule has 102 valence electrons. The number of carbonyl (C=O) groups excluding carboxylic acids is 1. The lowest BCUT2D eigenvalue weighted by atomic mass is 10.1. The first kappa shape index (κ1) is 12.3. The molecule has 5 heteroatoms. The number of fused-ring (bicyclic) bond motifs is 1. The van der Waals surface area contributed by atoms with Crippen LogP contribution in [0.5, 0.6) is 11.5 Å². The minimum atomic E-state index is 0.0163. The van der Waals surface area contributed by atoms with Gasteiger partial charge in [-0.15, -0.1) is 0 Å². The number of nitrogens with zero attached hydrogens (tertiary/aromatic N) is 1. The molecule has 1 N–H and O–H groups in total. The van der Waals surface area contributed by atoms with Crippen molar-refractivity contribution in [3.63, 3.8) is 0 Å². The predicted molar refractivity (Wildman–Crippen MR) is 70.5 cm³/mol. The van der Waals surface area contributed by atoms with Crippen molar-refractivity contribution in [3.05, 3.63) is 23.8 Å². The Morgan fingerprint density at radius 2 is 2.00 bits per heavy atom. The molecule has 3 rings (SSSR count). The number of carbonyl (C=O) groups is 1. The molecule has 2 heterocycles. The van der Waals surface area contributed by atoms with Crippen LogP contribution in [-0.2, 0) is 0 Å².